The Balaban J connectivity index is 1.70. The molecule has 1 aliphatic heterocycles. The topological polar surface area (TPSA) is 43.2 Å². The number of halogens is 1. The quantitative estimate of drug-likeness (QED) is 0.848. The van der Waals surface area contributed by atoms with Crippen LogP contribution in [0.1, 0.15) is 5.56 Å². The zero-order valence-electron chi connectivity index (χ0n) is 11.5. The highest BCUT2D eigenvalue weighted by Crippen LogP contribution is 2.22. The fraction of sp³-hybridized carbons (Fsp3) is 0.250. The molecule has 21 heavy (non-hydrogen) atoms. The fourth-order valence-electron chi connectivity index (χ4n) is 2.59. The first kappa shape index (κ1) is 13.4. The lowest BCUT2D eigenvalue weighted by Crippen LogP contribution is -2.46. The van der Waals surface area contributed by atoms with E-state index in [1.54, 1.807) is 30.6 Å². The van der Waals surface area contributed by atoms with Gasteiger partial charge in [0, 0.05) is 38.1 Å². The molecule has 0 spiro atoms. The number of rotatable bonds is 2. The molecule has 0 N–H and O–H groups in total. The molecule has 0 bridgehead atoms. The van der Waals surface area contributed by atoms with Crippen LogP contribution in [-0.4, -0.2) is 31.2 Å². The SMILES string of the molecule is N#Cc1ccncc1N1CCN(c2ccc(F)cc2)CC1. The number of hydrogen-bond donors (Lipinski definition) is 0. The molecule has 106 valence electrons. The van der Waals surface area contributed by atoms with Gasteiger partial charge in [-0.1, -0.05) is 0 Å². The van der Waals surface area contributed by atoms with Crippen LogP contribution in [0.4, 0.5) is 15.8 Å². The number of nitrogens with zero attached hydrogens (tertiary/aromatic N) is 4. The number of benzene rings is 1. The molecule has 5 heteroatoms. The van der Waals surface area contributed by atoms with E-state index in [2.05, 4.69) is 20.9 Å². The van der Waals surface area contributed by atoms with Crippen LogP contribution < -0.4 is 9.80 Å². The number of hydrogen-bond acceptors (Lipinski definition) is 4. The molecule has 1 aromatic heterocycles. The van der Waals surface area contributed by atoms with Crippen molar-refractivity contribution in [3.63, 3.8) is 0 Å². The van der Waals surface area contributed by atoms with Gasteiger partial charge in [0.1, 0.15) is 11.9 Å². The second-order valence-corrected chi connectivity index (χ2v) is 4.96. The maximum atomic E-state index is 13.0. The number of aromatic nitrogens is 1. The van der Waals surface area contributed by atoms with Crippen LogP contribution in [0.25, 0.3) is 0 Å². The highest BCUT2D eigenvalue weighted by atomic mass is 19.1. The maximum Gasteiger partial charge on any atom is 0.123 e. The van der Waals surface area contributed by atoms with E-state index in [0.717, 1.165) is 37.6 Å². The predicted octanol–water partition coefficient (Wildman–Crippen LogP) is 2.42. The number of pyridine rings is 1. The Morgan fingerprint density at radius 2 is 1.67 bits per heavy atom. The maximum absolute atomic E-state index is 13.0. The molecule has 1 aromatic carbocycles. The Bertz CT molecular complexity index is 655. The molecule has 1 aliphatic rings. The third-order valence-electron chi connectivity index (χ3n) is 3.73. The third-order valence-corrected chi connectivity index (χ3v) is 3.73. The lowest BCUT2D eigenvalue weighted by atomic mass is 10.2. The highest BCUT2D eigenvalue weighted by Gasteiger charge is 2.19. The van der Waals surface area contributed by atoms with E-state index in [0.29, 0.717) is 5.56 Å². The first-order valence-electron chi connectivity index (χ1n) is 6.87. The minimum atomic E-state index is -0.216. The van der Waals surface area contributed by atoms with Gasteiger partial charge in [0.25, 0.3) is 0 Å². The largest absolute Gasteiger partial charge is 0.368 e. The second-order valence-electron chi connectivity index (χ2n) is 4.96. The van der Waals surface area contributed by atoms with Gasteiger partial charge in [-0.2, -0.15) is 5.26 Å². The highest BCUT2D eigenvalue weighted by molar-refractivity contribution is 5.59. The van der Waals surface area contributed by atoms with Gasteiger partial charge in [0.05, 0.1) is 17.4 Å². The molecule has 0 amide bonds. The van der Waals surface area contributed by atoms with Gasteiger partial charge in [-0.05, 0) is 30.3 Å². The Morgan fingerprint density at radius 1 is 1.00 bits per heavy atom. The number of anilines is 2. The Kier molecular flexibility index (Phi) is 3.69. The van der Waals surface area contributed by atoms with E-state index in [1.165, 1.54) is 12.1 Å². The first-order valence-corrected chi connectivity index (χ1v) is 6.87. The summed E-state index contributed by atoms with van der Waals surface area (Å²) in [5, 5.41) is 9.15. The smallest absolute Gasteiger partial charge is 0.123 e. The summed E-state index contributed by atoms with van der Waals surface area (Å²) < 4.78 is 13.0. The van der Waals surface area contributed by atoms with Gasteiger partial charge in [-0.25, -0.2) is 4.39 Å². The number of nitriles is 1. The van der Waals surface area contributed by atoms with E-state index in [9.17, 15) is 4.39 Å². The summed E-state index contributed by atoms with van der Waals surface area (Å²) in [4.78, 5) is 8.50. The molecular formula is C16H15FN4. The molecule has 0 unspecified atom stereocenters. The molecule has 1 fully saturated rings. The average molecular weight is 282 g/mol. The van der Waals surface area contributed by atoms with Crippen molar-refractivity contribution in [1.82, 2.24) is 4.98 Å². The van der Waals surface area contributed by atoms with Crippen molar-refractivity contribution in [2.24, 2.45) is 0 Å². The lowest BCUT2D eigenvalue weighted by molar-refractivity contribution is 0.624. The van der Waals surface area contributed by atoms with Crippen molar-refractivity contribution in [3.05, 3.63) is 54.1 Å². The minimum Gasteiger partial charge on any atom is -0.368 e. The van der Waals surface area contributed by atoms with Gasteiger partial charge in [0.15, 0.2) is 0 Å². The van der Waals surface area contributed by atoms with Crippen LogP contribution in [0, 0.1) is 17.1 Å². The summed E-state index contributed by atoms with van der Waals surface area (Å²) >= 11 is 0. The van der Waals surface area contributed by atoms with Crippen LogP contribution in [0.5, 0.6) is 0 Å². The molecular weight excluding hydrogens is 267 g/mol. The molecule has 3 rings (SSSR count). The van der Waals surface area contributed by atoms with E-state index in [-0.39, 0.29) is 5.82 Å². The van der Waals surface area contributed by atoms with Crippen LogP contribution in [0.2, 0.25) is 0 Å². The standard InChI is InChI=1S/C16H15FN4/c17-14-1-3-15(4-2-14)20-7-9-21(10-8-20)16-12-19-6-5-13(16)11-18/h1-6,12H,7-10H2. The summed E-state index contributed by atoms with van der Waals surface area (Å²) in [5.41, 5.74) is 2.57. The van der Waals surface area contributed by atoms with E-state index >= 15 is 0 Å². The van der Waals surface area contributed by atoms with Crippen molar-refractivity contribution < 1.29 is 4.39 Å². The third kappa shape index (κ3) is 2.79. The zero-order chi connectivity index (χ0) is 14.7. The van der Waals surface area contributed by atoms with E-state index in [4.69, 9.17) is 5.26 Å². The minimum absolute atomic E-state index is 0.216. The van der Waals surface area contributed by atoms with Crippen molar-refractivity contribution in [1.29, 1.82) is 5.26 Å². The molecule has 0 radical (unpaired) electrons. The van der Waals surface area contributed by atoms with Crippen LogP contribution >= 0.6 is 0 Å². The number of piperazine rings is 1. The monoisotopic (exact) mass is 282 g/mol. The summed E-state index contributed by atoms with van der Waals surface area (Å²) in [5.74, 6) is -0.216. The molecule has 4 nitrogen and oxygen atoms in total. The molecule has 0 saturated carbocycles. The van der Waals surface area contributed by atoms with Gasteiger partial charge in [0.2, 0.25) is 0 Å². The fourth-order valence-corrected chi connectivity index (χ4v) is 2.59. The predicted molar refractivity (Wildman–Crippen MR) is 79.8 cm³/mol. The average Bonchev–Trinajstić information content (AvgIpc) is 2.56. The van der Waals surface area contributed by atoms with Gasteiger partial charge in [-0.3, -0.25) is 4.98 Å². The first-order chi connectivity index (χ1) is 10.3. The summed E-state index contributed by atoms with van der Waals surface area (Å²) in [7, 11) is 0. The van der Waals surface area contributed by atoms with E-state index < -0.39 is 0 Å². The van der Waals surface area contributed by atoms with Crippen molar-refractivity contribution >= 4 is 11.4 Å². The van der Waals surface area contributed by atoms with Crippen LogP contribution in [0.3, 0.4) is 0 Å². The molecule has 1 saturated heterocycles. The Morgan fingerprint density at radius 3 is 2.33 bits per heavy atom. The van der Waals surface area contributed by atoms with Crippen LogP contribution in [0.15, 0.2) is 42.7 Å². The van der Waals surface area contributed by atoms with Gasteiger partial charge in [-0.15, -0.1) is 0 Å². The molecule has 0 aliphatic carbocycles. The van der Waals surface area contributed by atoms with Crippen LogP contribution in [-0.2, 0) is 0 Å². The summed E-state index contributed by atoms with van der Waals surface area (Å²) in [6, 6.07) is 10.5. The second kappa shape index (κ2) is 5.80. The van der Waals surface area contributed by atoms with Gasteiger partial charge < -0.3 is 9.80 Å². The van der Waals surface area contributed by atoms with Crippen molar-refractivity contribution in [2.45, 2.75) is 0 Å². The van der Waals surface area contributed by atoms with Crippen molar-refractivity contribution in [3.8, 4) is 6.07 Å². The molecule has 2 aromatic rings. The lowest BCUT2D eigenvalue weighted by Gasteiger charge is -2.37. The van der Waals surface area contributed by atoms with Gasteiger partial charge >= 0.3 is 0 Å². The summed E-state index contributed by atoms with van der Waals surface area (Å²) in [6.45, 7) is 3.31. The Hall–Kier alpha value is -2.61. The van der Waals surface area contributed by atoms with E-state index in [1.807, 2.05) is 0 Å². The Labute approximate surface area is 123 Å². The molecule has 0 atom stereocenters. The molecule has 2 heterocycles. The normalized spacial score (nSPS) is 14.9. The van der Waals surface area contributed by atoms with Crippen molar-refractivity contribution in [2.75, 3.05) is 36.0 Å². The summed E-state index contributed by atoms with van der Waals surface area (Å²) in [6.07, 6.45) is 3.38. The zero-order valence-corrected chi connectivity index (χ0v) is 11.5.